The van der Waals surface area contributed by atoms with Crippen molar-refractivity contribution in [2.45, 2.75) is 58.2 Å². The zero-order valence-corrected chi connectivity index (χ0v) is 25.6. The van der Waals surface area contributed by atoms with Gasteiger partial charge in [-0.15, -0.1) is 0 Å². The predicted octanol–water partition coefficient (Wildman–Crippen LogP) is 4.33. The average Bonchev–Trinajstić information content (AvgIpc) is 2.96. The third kappa shape index (κ3) is 10.1. The third-order valence-corrected chi connectivity index (χ3v) is 6.42. The van der Waals surface area contributed by atoms with Crippen LogP contribution in [0.2, 0.25) is 0 Å². The smallest absolute Gasteiger partial charge is 0.413 e. The van der Waals surface area contributed by atoms with E-state index in [9.17, 15) is 19.2 Å². The van der Waals surface area contributed by atoms with Gasteiger partial charge < -0.3 is 24.7 Å². The Hall–Kier alpha value is -4.51. The normalized spacial score (nSPS) is 11.7. The van der Waals surface area contributed by atoms with E-state index in [1.165, 1.54) is 10.6 Å². The summed E-state index contributed by atoms with van der Waals surface area (Å²) >= 11 is 5.08. The van der Waals surface area contributed by atoms with Crippen LogP contribution >= 0.6 is 12.2 Å². The fraction of sp³-hybridized carbons (Fsp3) is 0.344. The summed E-state index contributed by atoms with van der Waals surface area (Å²) in [6, 6.07) is 20.7. The molecule has 3 rings (SSSR count). The second-order valence-corrected chi connectivity index (χ2v) is 11.1. The quantitative estimate of drug-likeness (QED) is 0.167. The van der Waals surface area contributed by atoms with Gasteiger partial charge in [0.2, 0.25) is 0 Å². The molecule has 0 fully saturated rings. The molecule has 0 saturated heterocycles. The molecule has 2 aromatic carbocycles. The first-order valence-electron chi connectivity index (χ1n) is 14.1. The number of rotatable bonds is 11. The van der Waals surface area contributed by atoms with Crippen LogP contribution in [0.5, 0.6) is 0 Å². The first kappa shape index (κ1) is 33.0. The molecular formula is C32H38N4O6S. The number of esters is 1. The molecule has 1 heterocycles. The highest BCUT2D eigenvalue weighted by Gasteiger charge is 2.28. The zero-order valence-electron chi connectivity index (χ0n) is 24.8. The largest absolute Gasteiger partial charge is 0.458 e. The van der Waals surface area contributed by atoms with E-state index in [0.717, 1.165) is 11.1 Å². The second-order valence-electron chi connectivity index (χ2n) is 10.7. The number of pyridine rings is 1. The summed E-state index contributed by atoms with van der Waals surface area (Å²) in [7, 11) is 0. The van der Waals surface area contributed by atoms with E-state index in [0.29, 0.717) is 13.0 Å². The molecule has 0 aliphatic carbocycles. The lowest BCUT2D eigenvalue weighted by molar-refractivity contribution is -0.157. The summed E-state index contributed by atoms with van der Waals surface area (Å²) in [6.45, 7) is 7.37. The molecule has 0 saturated carbocycles. The van der Waals surface area contributed by atoms with Crippen molar-refractivity contribution in [3.63, 3.8) is 0 Å². The van der Waals surface area contributed by atoms with E-state index in [4.69, 9.17) is 21.7 Å². The fourth-order valence-corrected chi connectivity index (χ4v) is 4.53. The number of benzene rings is 2. The Bertz CT molecular complexity index is 1410. The number of amides is 2. The number of thiocarbonyl (C=S) groups is 1. The molecule has 0 aliphatic rings. The molecule has 1 aromatic heterocycles. The topological polar surface area (TPSA) is 128 Å². The van der Waals surface area contributed by atoms with Crippen LogP contribution in [0.15, 0.2) is 83.8 Å². The van der Waals surface area contributed by atoms with E-state index >= 15 is 0 Å². The maximum atomic E-state index is 13.8. The molecule has 11 heteroatoms. The molecule has 3 aromatic rings. The average molecular weight is 607 g/mol. The number of carbonyl (C=O) groups is 3. The van der Waals surface area contributed by atoms with Gasteiger partial charge in [-0.3, -0.25) is 14.9 Å². The van der Waals surface area contributed by atoms with Crippen LogP contribution in [0.25, 0.3) is 0 Å². The Morgan fingerprint density at radius 3 is 2.09 bits per heavy atom. The summed E-state index contributed by atoms with van der Waals surface area (Å²) in [4.78, 5) is 51.8. The minimum absolute atomic E-state index is 0.0764. The van der Waals surface area contributed by atoms with Gasteiger partial charge in [0, 0.05) is 12.7 Å². The molecule has 0 bridgehead atoms. The highest BCUT2D eigenvalue weighted by Crippen LogP contribution is 2.25. The van der Waals surface area contributed by atoms with Gasteiger partial charge in [0.05, 0.1) is 12.6 Å². The van der Waals surface area contributed by atoms with Crippen molar-refractivity contribution in [2.24, 2.45) is 0 Å². The third-order valence-electron chi connectivity index (χ3n) is 6.17. The van der Waals surface area contributed by atoms with Crippen molar-refractivity contribution in [3.05, 3.63) is 106 Å². The molecule has 2 amide bonds. The Balaban J connectivity index is 1.81. The van der Waals surface area contributed by atoms with Crippen molar-refractivity contribution < 1.29 is 23.9 Å². The van der Waals surface area contributed by atoms with Crippen molar-refractivity contribution in [2.75, 3.05) is 13.2 Å². The van der Waals surface area contributed by atoms with Crippen LogP contribution in [0.3, 0.4) is 0 Å². The monoisotopic (exact) mass is 606 g/mol. The lowest BCUT2D eigenvalue weighted by Crippen LogP contribution is -2.46. The Morgan fingerprint density at radius 2 is 1.53 bits per heavy atom. The van der Waals surface area contributed by atoms with Crippen LogP contribution in [0, 0.1) is 0 Å². The predicted molar refractivity (Wildman–Crippen MR) is 168 cm³/mol. The zero-order chi connectivity index (χ0) is 31.4. The first-order valence-corrected chi connectivity index (χ1v) is 14.5. The van der Waals surface area contributed by atoms with E-state index in [-0.39, 0.29) is 23.7 Å². The molecule has 228 valence electrons. The lowest BCUT2D eigenvalue weighted by atomic mass is 9.98. The van der Waals surface area contributed by atoms with Crippen LogP contribution in [-0.2, 0) is 14.3 Å². The van der Waals surface area contributed by atoms with Crippen LogP contribution < -0.4 is 21.5 Å². The summed E-state index contributed by atoms with van der Waals surface area (Å²) in [5.74, 6) is -1.32. The summed E-state index contributed by atoms with van der Waals surface area (Å²) in [5.41, 5.74) is 0.357. The number of nitrogens with zero attached hydrogens (tertiary/aromatic N) is 1. The van der Waals surface area contributed by atoms with E-state index < -0.39 is 41.2 Å². The van der Waals surface area contributed by atoms with E-state index in [1.807, 2.05) is 60.7 Å². The van der Waals surface area contributed by atoms with Gasteiger partial charge >= 0.3 is 12.1 Å². The Labute approximate surface area is 256 Å². The van der Waals surface area contributed by atoms with Gasteiger partial charge in [-0.05, 0) is 76.0 Å². The summed E-state index contributed by atoms with van der Waals surface area (Å²) in [5, 5.41) is 8.02. The molecular weight excluding hydrogens is 568 g/mol. The molecule has 0 unspecified atom stereocenters. The number of ether oxygens (including phenoxy) is 2. The van der Waals surface area contributed by atoms with Crippen LogP contribution in [0.4, 0.5) is 4.79 Å². The minimum atomic E-state index is -1.03. The van der Waals surface area contributed by atoms with Gasteiger partial charge in [-0.25, -0.2) is 9.59 Å². The molecule has 3 N–H and O–H groups in total. The van der Waals surface area contributed by atoms with Crippen molar-refractivity contribution in [1.29, 1.82) is 0 Å². The fourth-order valence-electron chi connectivity index (χ4n) is 4.34. The number of alkyl carbamates (subject to hydrolysis) is 1. The van der Waals surface area contributed by atoms with E-state index in [2.05, 4.69) is 16.0 Å². The molecule has 0 spiro atoms. The first-order chi connectivity index (χ1) is 20.5. The SMILES string of the molecule is CCOC(=O)NC(=S)NCCC[C@H](NC(=O)c1cccn(C(c2ccccc2)c2ccccc2)c1=O)C(=O)OC(C)(C)C. The number of carbonyl (C=O) groups excluding carboxylic acids is 3. The van der Waals surface area contributed by atoms with Crippen molar-refractivity contribution >= 4 is 35.3 Å². The van der Waals surface area contributed by atoms with Gasteiger partial charge in [-0.2, -0.15) is 0 Å². The molecule has 0 radical (unpaired) electrons. The standard InChI is InChI=1S/C32H38N4O6S/c1-5-41-31(40)35-30(43)33-20-12-19-25(29(39)42-32(2,3)4)34-27(37)24-18-13-21-36(28(24)38)26(22-14-8-6-9-15-22)23-16-10-7-11-17-23/h6-11,13-18,21,25-26H,5,12,19-20H2,1-4H3,(H,34,37)(H2,33,35,40,43)/t25-/m0/s1. The number of aromatic nitrogens is 1. The molecule has 0 aliphatic heterocycles. The number of nitrogens with one attached hydrogen (secondary N) is 3. The Morgan fingerprint density at radius 1 is 0.930 bits per heavy atom. The van der Waals surface area contributed by atoms with E-state index in [1.54, 1.807) is 40.0 Å². The highest BCUT2D eigenvalue weighted by atomic mass is 32.1. The summed E-state index contributed by atoms with van der Waals surface area (Å²) < 4.78 is 11.9. The van der Waals surface area contributed by atoms with Gasteiger partial charge in [0.1, 0.15) is 17.2 Å². The van der Waals surface area contributed by atoms with Crippen LogP contribution in [0.1, 0.15) is 68.1 Å². The maximum Gasteiger partial charge on any atom is 0.413 e. The van der Waals surface area contributed by atoms with Crippen LogP contribution in [-0.4, -0.2) is 52.4 Å². The van der Waals surface area contributed by atoms with Gasteiger partial charge in [-0.1, -0.05) is 60.7 Å². The highest BCUT2D eigenvalue weighted by molar-refractivity contribution is 7.80. The number of hydrogen-bond donors (Lipinski definition) is 3. The maximum absolute atomic E-state index is 13.8. The second kappa shape index (κ2) is 15.6. The summed E-state index contributed by atoms with van der Waals surface area (Å²) in [6.07, 6.45) is 1.55. The number of hydrogen-bond acceptors (Lipinski definition) is 7. The molecule has 43 heavy (non-hydrogen) atoms. The van der Waals surface area contributed by atoms with Crippen molar-refractivity contribution in [1.82, 2.24) is 20.5 Å². The minimum Gasteiger partial charge on any atom is -0.458 e. The Kier molecular flexibility index (Phi) is 12.0. The van der Waals surface area contributed by atoms with Gasteiger partial charge in [0.25, 0.3) is 11.5 Å². The molecule has 1 atom stereocenters. The van der Waals surface area contributed by atoms with Gasteiger partial charge in [0.15, 0.2) is 5.11 Å². The lowest BCUT2D eigenvalue weighted by Gasteiger charge is -2.25. The molecule has 10 nitrogen and oxygen atoms in total. The van der Waals surface area contributed by atoms with Crippen molar-refractivity contribution in [3.8, 4) is 0 Å².